The summed E-state index contributed by atoms with van der Waals surface area (Å²) in [5, 5.41) is 56.1. The molecule has 1 aromatic heterocycles. The second-order valence-corrected chi connectivity index (χ2v) is 33.7. The number of hydrogen-bond donors (Lipinski definition) is 22. The number of nitrogens with one attached hydrogen (secondary N) is 13. The Bertz CT molecular complexity index is 3050. The van der Waals surface area contributed by atoms with Gasteiger partial charge in [0.25, 0.3) is 0 Å². The Kier molecular flexibility index (Phi) is 179. The average molecular weight is 2150 g/mol. The molecule has 0 bridgehead atoms. The van der Waals surface area contributed by atoms with Crippen LogP contribution in [0.3, 0.4) is 0 Å². The Hall–Kier alpha value is -7.34. The number of aromatic nitrogens is 4. The summed E-state index contributed by atoms with van der Waals surface area (Å²) >= 11 is 0. The molecule has 52 heteroatoms. The number of nitrogens with zero attached hydrogens (tertiary/aromatic N) is 4. The van der Waals surface area contributed by atoms with Crippen molar-refractivity contribution in [2.24, 2.45) is 34.4 Å². The average Bonchev–Trinajstić information content (AvgIpc) is 1.13. The Labute approximate surface area is 877 Å². The maximum atomic E-state index is 13.3. The Morgan fingerprint density at radius 1 is 0.401 bits per heavy atom. The maximum absolute atomic E-state index is 13.3. The van der Waals surface area contributed by atoms with Crippen LogP contribution in [-0.2, 0) is 55.9 Å². The van der Waals surface area contributed by atoms with Gasteiger partial charge in [0, 0.05) is 159 Å². The predicted octanol–water partition coefficient (Wildman–Crippen LogP) is -7.34. The number of unbranched alkanes of at least 4 members (excludes halogenated alkanes) is 18. The summed E-state index contributed by atoms with van der Waals surface area (Å²) in [6.45, 7) is 25.2. The van der Waals surface area contributed by atoms with Crippen molar-refractivity contribution in [3.63, 3.8) is 0 Å². The van der Waals surface area contributed by atoms with Gasteiger partial charge in [-0.2, -0.15) is 5.21 Å². The number of benzene rings is 2. The second kappa shape index (κ2) is 141. The first-order valence-corrected chi connectivity index (χ1v) is 48.9. The first-order valence-electron chi connectivity index (χ1n) is 48.9. The summed E-state index contributed by atoms with van der Waals surface area (Å²) in [4.78, 5) is 81.6. The molecule has 0 radical (unpaired) electrons. The van der Waals surface area contributed by atoms with Gasteiger partial charge in [0.05, 0.1) is 39.5 Å². The van der Waals surface area contributed by atoms with Gasteiger partial charge in [-0.3, -0.25) is 24.1 Å². The van der Waals surface area contributed by atoms with E-state index < -0.39 is 0 Å². The molecular formula is C95H224N26O26. The van der Waals surface area contributed by atoms with Crippen LogP contribution in [0.1, 0.15) is 262 Å². The van der Waals surface area contributed by atoms with Crippen LogP contribution in [0.15, 0.2) is 67.2 Å². The molecule has 2 aromatic carbocycles. The summed E-state index contributed by atoms with van der Waals surface area (Å²) in [5.41, 5.74) is 37.8. The first-order chi connectivity index (χ1) is 62.1. The van der Waals surface area contributed by atoms with Gasteiger partial charge in [0.15, 0.2) is 5.82 Å². The molecule has 0 aliphatic heterocycles. The monoisotopic (exact) mass is 2150 g/mol. The number of carbonyl (C=O) groups excluding carboxylic acids is 7. The lowest BCUT2D eigenvalue weighted by Gasteiger charge is -2.27. The fourth-order valence-corrected chi connectivity index (χ4v) is 14.6. The van der Waals surface area contributed by atoms with E-state index in [9.17, 15) is 33.6 Å². The fourth-order valence-electron chi connectivity index (χ4n) is 14.6. The third kappa shape index (κ3) is 119. The van der Waals surface area contributed by atoms with Gasteiger partial charge in [0.2, 0.25) is 23.6 Å². The van der Waals surface area contributed by atoms with Gasteiger partial charge in [-0.05, 0) is 166 Å². The molecule has 1 heterocycles. The number of aryl methyl sites for hydroxylation is 2. The number of primary amides is 1. The van der Waals surface area contributed by atoms with Crippen LogP contribution in [0.4, 0.5) is 0 Å². The zero-order chi connectivity index (χ0) is 92.6. The predicted molar refractivity (Wildman–Crippen MR) is 596 cm³/mol. The van der Waals surface area contributed by atoms with Crippen molar-refractivity contribution in [1.82, 2.24) is 108 Å². The van der Waals surface area contributed by atoms with Gasteiger partial charge in [-0.25, -0.2) is 0 Å². The van der Waals surface area contributed by atoms with E-state index in [1.165, 1.54) is 87.5 Å². The van der Waals surface area contributed by atoms with Crippen LogP contribution >= 0.6 is 0 Å². The zero-order valence-corrected chi connectivity index (χ0v) is 89.7. The van der Waals surface area contributed by atoms with Crippen LogP contribution in [0.25, 0.3) is 5.57 Å². The summed E-state index contributed by atoms with van der Waals surface area (Å²) in [7, 11) is 0. The Morgan fingerprint density at radius 2 is 0.850 bits per heavy atom. The molecule has 0 fully saturated rings. The SMILES string of the molecule is C=C(C[C@@H](CN[C@H](CN)CCCCNC(=O)CC[C@@H](CNCCCCCN)NC[C@H](CCCC)NC[C@H](CCCCNC(=O)CN(CC=O)CC=O)NCCC)NC[C@H](CCCN)NCCCc1ccccc1)c1ccccc1.C[C@@H](CN[C@H](CN)CCC(N)=O)NCCNC(=O)COCCOCCN.N.N.N.O.O.O.O.O.O.O.O.O.O.O.O.O.O.O.O.O.O=CCCCCCCCCCCCCCCCc1nn[nH]n1. The molecule has 0 saturated carbocycles. The number of amides is 4. The van der Waals surface area contributed by atoms with E-state index in [4.69, 9.17) is 43.9 Å². The van der Waals surface area contributed by atoms with E-state index in [1.807, 2.05) is 13.0 Å². The van der Waals surface area contributed by atoms with E-state index in [0.29, 0.717) is 129 Å². The standard InChI is InChI=1S/C62H113N13O4.C17H32N4O.C16H36N6O4.3H3N.17H2O/c1-4-6-27-58(72-47-56(67-35-5-2)29-15-19-38-70-62(79)51-75(40-42-76)41-43-77)49-73-59(46-66-36-17-9-16-33-63)31-32-61(78)69-37-18-14-28-55(45-65)71-50-60(44-52(3)54-25-12-8-13-26-54)74-48-57(30-20-34-64)68-39-21-24-53-22-10-7-11-23-53;22-16-14-12-10-8-6-4-2-1-3-5-7-9-11-13-15-17-18-20-21-19-17;1-13(11-22-14(10-18)2-3-15(19)23)20-5-6-21-16(24)12-26-9-8-25-7-4-17;;;;;;;;;;;;;;;;;;;;/h7-8,10-13,22-23,25-26,42-43,55-60,66-68,71-74H,3-6,9,14-21,24,27-41,44-51,63-65H2,1-2H3,(H,69,78)(H,70,79);16H,1-15H2,(H,18,19,20,21);13-14,20,22H,2-12,17-18H2,1H3,(H2,19,23)(H,21,24);3*1H3;17*1H2/t55-,56-,57-,58-,59-,60-;;13-,14-;;;;;;;;;;;;;;;;;;;;/m0.0..................../s1. The lowest BCUT2D eigenvalue weighted by atomic mass is 9.99. The third-order valence-corrected chi connectivity index (χ3v) is 22.3. The highest BCUT2D eigenvalue weighted by atomic mass is 16.5. The molecule has 52 nitrogen and oxygen atoms in total. The molecule has 4 amide bonds. The molecule has 8 atom stereocenters. The van der Waals surface area contributed by atoms with Crippen LogP contribution in [0, 0.1) is 0 Å². The number of aromatic amines is 1. The quantitative estimate of drug-likeness (QED) is 0.0184. The molecule has 3 aromatic rings. The minimum atomic E-state index is -0.320. The van der Waals surface area contributed by atoms with E-state index in [2.05, 4.69) is 159 Å². The summed E-state index contributed by atoms with van der Waals surface area (Å²) in [6.07, 6.45) is 41.4. The van der Waals surface area contributed by atoms with Crippen molar-refractivity contribution < 1.29 is 136 Å². The Balaban J connectivity index is -0.000000110. The molecule has 68 N–H and O–H groups in total. The van der Waals surface area contributed by atoms with Gasteiger partial charge < -0.3 is 234 Å². The highest BCUT2D eigenvalue weighted by molar-refractivity contribution is 5.79. The summed E-state index contributed by atoms with van der Waals surface area (Å²) in [6, 6.07) is 22.8. The molecule has 147 heavy (non-hydrogen) atoms. The van der Waals surface area contributed by atoms with Crippen LogP contribution in [-0.4, -0.2) is 373 Å². The van der Waals surface area contributed by atoms with Gasteiger partial charge >= 0.3 is 0 Å². The van der Waals surface area contributed by atoms with E-state index in [0.717, 1.165) is 217 Å². The number of hydrogen-bond acceptors (Lipinski definition) is 30. The lowest BCUT2D eigenvalue weighted by molar-refractivity contribution is -0.126. The van der Waals surface area contributed by atoms with E-state index in [1.54, 1.807) is 0 Å². The molecule has 0 saturated heterocycles. The molecule has 0 aliphatic carbocycles. The normalized spacial score (nSPS) is 11.4. The molecule has 890 valence electrons. The van der Waals surface area contributed by atoms with Crippen molar-refractivity contribution in [2.75, 3.05) is 164 Å². The number of aldehydes is 3. The minimum Gasteiger partial charge on any atom is -0.412 e. The van der Waals surface area contributed by atoms with Gasteiger partial charge in [0.1, 0.15) is 25.5 Å². The highest BCUT2D eigenvalue weighted by Crippen LogP contribution is 2.19. The molecule has 3 rings (SSSR count). The zero-order valence-electron chi connectivity index (χ0n) is 89.7. The molecule has 0 aliphatic rings. The summed E-state index contributed by atoms with van der Waals surface area (Å²) < 4.78 is 10.3. The lowest BCUT2D eigenvalue weighted by Crippen LogP contribution is -2.49. The smallest absolute Gasteiger partial charge is 0.246 e. The number of tetrazole rings is 1. The van der Waals surface area contributed by atoms with Crippen LogP contribution < -0.4 is 117 Å². The van der Waals surface area contributed by atoms with Gasteiger partial charge in [-0.1, -0.05) is 189 Å². The first kappa shape index (κ1) is 188. The largest absolute Gasteiger partial charge is 0.412 e. The Morgan fingerprint density at radius 3 is 1.37 bits per heavy atom. The number of ether oxygens (including phenoxy) is 2. The van der Waals surface area contributed by atoms with Crippen molar-refractivity contribution in [1.29, 1.82) is 0 Å². The topological polar surface area (TPSA) is 1140 Å². The highest BCUT2D eigenvalue weighted by Gasteiger charge is 2.21. The number of nitrogens with two attached hydrogens (primary N) is 6. The van der Waals surface area contributed by atoms with Crippen molar-refractivity contribution in [2.45, 2.75) is 307 Å². The number of rotatable bonds is 90. The second-order valence-electron chi connectivity index (χ2n) is 33.7. The fraction of sp³-hybridized carbons (Fsp3) is 0.768. The molecule has 0 spiro atoms. The van der Waals surface area contributed by atoms with Crippen molar-refractivity contribution >= 4 is 48.1 Å². The molecule has 0 unspecified atom stereocenters. The van der Waals surface area contributed by atoms with Crippen LogP contribution in [0.2, 0.25) is 0 Å². The third-order valence-electron chi connectivity index (χ3n) is 22.3. The van der Waals surface area contributed by atoms with Gasteiger partial charge in [-0.15, -0.1) is 10.2 Å². The van der Waals surface area contributed by atoms with Crippen molar-refractivity contribution in [3.05, 3.63) is 84.2 Å². The van der Waals surface area contributed by atoms with Crippen molar-refractivity contribution in [3.8, 4) is 0 Å². The molecular weight excluding hydrogens is 1920 g/mol. The van der Waals surface area contributed by atoms with E-state index in [-0.39, 0.29) is 198 Å². The number of H-pyrrole nitrogens is 1. The summed E-state index contributed by atoms with van der Waals surface area (Å²) in [5.74, 6) is 0.272. The number of carbonyl (C=O) groups is 7. The van der Waals surface area contributed by atoms with Crippen LogP contribution in [0.5, 0.6) is 0 Å². The minimum absolute atomic E-state index is 0. The van der Waals surface area contributed by atoms with E-state index >= 15 is 0 Å². The maximum Gasteiger partial charge on any atom is 0.246 e.